The van der Waals surface area contributed by atoms with Crippen LogP contribution >= 0.6 is 0 Å². The molecule has 2 N–H and O–H groups in total. The molecule has 0 aliphatic carbocycles. The lowest BCUT2D eigenvalue weighted by Gasteiger charge is -1.78. The lowest BCUT2D eigenvalue weighted by molar-refractivity contribution is 0.512. The summed E-state index contributed by atoms with van der Waals surface area (Å²) in [6.07, 6.45) is 1.08. The van der Waals surface area contributed by atoms with Gasteiger partial charge in [-0.2, -0.15) is 0 Å². The van der Waals surface area contributed by atoms with Gasteiger partial charge >= 0.3 is 0 Å². The fraction of sp³-hybridized carbons (Fsp3) is 0. The van der Waals surface area contributed by atoms with Gasteiger partial charge in [0, 0.05) is 0 Å². The predicted molar refractivity (Wildman–Crippen MR) is 22.3 cm³/mol. The first-order valence-electron chi connectivity index (χ1n) is 1.50. The molecule has 0 aromatic carbocycles. The lowest BCUT2D eigenvalue weighted by atomic mass is 11.3. The zero-order valence-corrected chi connectivity index (χ0v) is 4.10. The van der Waals surface area contributed by atoms with Gasteiger partial charge in [0.25, 0.3) is 15.1 Å². The maximum absolute atomic E-state index is 9.98. The van der Waals surface area contributed by atoms with E-state index in [1.54, 1.807) is 0 Å². The summed E-state index contributed by atoms with van der Waals surface area (Å²) in [6.45, 7) is 0. The fourth-order valence-electron chi connectivity index (χ4n) is 0.158. The molecule has 0 saturated heterocycles. The van der Waals surface area contributed by atoms with E-state index in [0.29, 0.717) is 0 Å². The van der Waals surface area contributed by atoms with E-state index in [4.69, 9.17) is 0 Å². The van der Waals surface area contributed by atoms with Crippen LogP contribution in [0.25, 0.3) is 0 Å². The maximum Gasteiger partial charge on any atom is 0.274 e. The van der Waals surface area contributed by atoms with Crippen molar-refractivity contribution in [2.75, 3.05) is 0 Å². The number of hydrogen-bond donors (Lipinski definition) is 1. The van der Waals surface area contributed by atoms with Crippen molar-refractivity contribution >= 4 is 10.0 Å². The molecule has 0 aromatic heterocycles. The average molecular weight is 121 g/mol. The molecule has 7 heavy (non-hydrogen) atoms. The van der Waals surface area contributed by atoms with E-state index in [-0.39, 0.29) is 5.09 Å². The Labute approximate surface area is 40.6 Å². The number of ether oxygens (including phenoxy) is 1. The Morgan fingerprint density at radius 2 is 2.14 bits per heavy atom. The minimum absolute atomic E-state index is 0.132. The van der Waals surface area contributed by atoms with E-state index in [9.17, 15) is 8.42 Å². The Morgan fingerprint density at radius 3 is 2.14 bits per heavy atom. The van der Waals surface area contributed by atoms with E-state index < -0.39 is 10.0 Å². The highest BCUT2D eigenvalue weighted by Gasteiger charge is 2.22. The van der Waals surface area contributed by atoms with Crippen LogP contribution in [-0.2, 0) is 14.8 Å². The van der Waals surface area contributed by atoms with Gasteiger partial charge in [0.05, 0.1) is 0 Å². The maximum atomic E-state index is 9.98. The van der Waals surface area contributed by atoms with Crippen LogP contribution in [0.5, 0.6) is 0 Å². The standard InChI is InChI=1S/C2H3NO3S/c3-7(4,5)2-1-6-2/h1H,(H2,3,4,5). The molecule has 1 rings (SSSR count). The third kappa shape index (κ3) is 0.908. The highest BCUT2D eigenvalue weighted by molar-refractivity contribution is 7.93. The van der Waals surface area contributed by atoms with Gasteiger partial charge in [-0.1, -0.05) is 0 Å². The van der Waals surface area contributed by atoms with Crippen LogP contribution in [0.1, 0.15) is 0 Å². The van der Waals surface area contributed by atoms with Gasteiger partial charge in [-0.15, -0.1) is 0 Å². The quantitative estimate of drug-likeness (QED) is 0.488. The first-order valence-corrected chi connectivity index (χ1v) is 3.05. The molecule has 0 aromatic rings. The average Bonchev–Trinajstić information content (AvgIpc) is 1.99. The van der Waals surface area contributed by atoms with E-state index in [1.165, 1.54) is 0 Å². The summed E-state index contributed by atoms with van der Waals surface area (Å²) in [5, 5.41) is 4.39. The van der Waals surface area contributed by atoms with Gasteiger partial charge in [-0.05, 0) is 0 Å². The molecule has 5 heteroatoms. The zero-order valence-electron chi connectivity index (χ0n) is 3.29. The van der Waals surface area contributed by atoms with Gasteiger partial charge in [0.2, 0.25) is 0 Å². The van der Waals surface area contributed by atoms with Crippen molar-refractivity contribution < 1.29 is 13.2 Å². The molecule has 0 bridgehead atoms. The molecule has 1 aliphatic rings. The van der Waals surface area contributed by atoms with Gasteiger partial charge in [-0.25, -0.2) is 13.6 Å². The number of nitrogens with two attached hydrogens (primary N) is 1. The van der Waals surface area contributed by atoms with E-state index >= 15 is 0 Å². The van der Waals surface area contributed by atoms with Crippen molar-refractivity contribution in [1.82, 2.24) is 0 Å². The molecular weight excluding hydrogens is 118 g/mol. The largest absolute Gasteiger partial charge is 0.445 e. The Balaban J connectivity index is 2.93. The third-order valence-electron chi connectivity index (χ3n) is 0.494. The lowest BCUT2D eigenvalue weighted by Crippen LogP contribution is -2.09. The van der Waals surface area contributed by atoms with Crippen LogP contribution in [0.2, 0.25) is 0 Å². The van der Waals surface area contributed by atoms with Crippen LogP contribution < -0.4 is 5.14 Å². The number of sulfonamides is 1. The second-order valence-electron chi connectivity index (χ2n) is 1.10. The van der Waals surface area contributed by atoms with Crippen molar-refractivity contribution in [1.29, 1.82) is 0 Å². The first-order chi connectivity index (χ1) is 3.11. The normalized spacial score (nSPS) is 17.6. The molecule has 40 valence electrons. The third-order valence-corrected chi connectivity index (χ3v) is 1.25. The summed E-state index contributed by atoms with van der Waals surface area (Å²) >= 11 is 0. The monoisotopic (exact) mass is 121 g/mol. The Morgan fingerprint density at radius 1 is 1.71 bits per heavy atom. The van der Waals surface area contributed by atoms with E-state index in [2.05, 4.69) is 9.88 Å². The Bertz CT molecular complexity index is 201. The van der Waals surface area contributed by atoms with E-state index in [1.807, 2.05) is 0 Å². The fourth-order valence-corrected chi connectivity index (χ4v) is 0.475. The summed E-state index contributed by atoms with van der Waals surface area (Å²) < 4.78 is 24.1. The molecular formula is C2H3NO3S. The van der Waals surface area contributed by atoms with Gasteiger partial charge < -0.3 is 4.74 Å². The molecule has 1 heterocycles. The molecule has 1 aliphatic heterocycles. The number of rotatable bonds is 1. The van der Waals surface area contributed by atoms with Gasteiger partial charge in [0.15, 0.2) is 0 Å². The first kappa shape index (κ1) is 4.61. The number of hydrogen-bond acceptors (Lipinski definition) is 3. The van der Waals surface area contributed by atoms with Crippen LogP contribution in [0.15, 0.2) is 11.4 Å². The Kier molecular flexibility index (Phi) is 0.650. The number of primary sulfonamides is 1. The van der Waals surface area contributed by atoms with Gasteiger partial charge in [0.1, 0.15) is 6.26 Å². The predicted octanol–water partition coefficient (Wildman–Crippen LogP) is -0.896. The molecule has 4 nitrogen and oxygen atoms in total. The second-order valence-corrected chi connectivity index (χ2v) is 2.59. The molecule has 0 amide bonds. The summed E-state index contributed by atoms with van der Waals surface area (Å²) in [4.78, 5) is 0. The topological polar surface area (TPSA) is 72.7 Å². The van der Waals surface area contributed by atoms with Crippen molar-refractivity contribution in [3.63, 3.8) is 0 Å². The zero-order chi connectivity index (χ0) is 5.49. The van der Waals surface area contributed by atoms with Gasteiger partial charge in [-0.3, -0.25) is 0 Å². The highest BCUT2D eigenvalue weighted by atomic mass is 32.2. The molecule has 0 atom stereocenters. The van der Waals surface area contributed by atoms with Crippen molar-refractivity contribution in [3.05, 3.63) is 11.4 Å². The SMILES string of the molecule is NS(=O)(=O)C1=CO1. The van der Waals surface area contributed by atoms with Crippen LogP contribution in [0, 0.1) is 0 Å². The molecule has 0 spiro atoms. The Hall–Kier alpha value is -0.550. The second kappa shape index (κ2) is 0.988. The summed E-state index contributed by atoms with van der Waals surface area (Å²) in [5.74, 6) is 0. The minimum atomic E-state index is -3.49. The summed E-state index contributed by atoms with van der Waals surface area (Å²) in [5.41, 5.74) is 0. The molecule has 0 fully saturated rings. The van der Waals surface area contributed by atoms with Crippen LogP contribution in [-0.4, -0.2) is 8.42 Å². The molecule has 0 radical (unpaired) electrons. The van der Waals surface area contributed by atoms with Crippen LogP contribution in [0.3, 0.4) is 0 Å². The van der Waals surface area contributed by atoms with Crippen LogP contribution in [0.4, 0.5) is 0 Å². The highest BCUT2D eigenvalue weighted by Crippen LogP contribution is 2.16. The molecule has 0 unspecified atom stereocenters. The summed E-state index contributed by atoms with van der Waals surface area (Å²) in [7, 11) is -3.49. The summed E-state index contributed by atoms with van der Waals surface area (Å²) in [6, 6.07) is 0. The van der Waals surface area contributed by atoms with E-state index in [0.717, 1.165) is 6.26 Å². The smallest absolute Gasteiger partial charge is 0.274 e. The minimum Gasteiger partial charge on any atom is -0.445 e. The van der Waals surface area contributed by atoms with Crippen molar-refractivity contribution in [2.45, 2.75) is 0 Å². The molecule has 0 saturated carbocycles. The van der Waals surface area contributed by atoms with Crippen molar-refractivity contribution in [3.8, 4) is 0 Å². The van der Waals surface area contributed by atoms with Crippen molar-refractivity contribution in [2.24, 2.45) is 5.14 Å².